The van der Waals surface area contributed by atoms with Crippen LogP contribution in [0.25, 0.3) is 0 Å². The van der Waals surface area contributed by atoms with Gasteiger partial charge in [-0.3, -0.25) is 14.7 Å². The van der Waals surface area contributed by atoms with Gasteiger partial charge in [-0.15, -0.1) is 0 Å². The van der Waals surface area contributed by atoms with Crippen LogP contribution in [0.2, 0.25) is 0 Å². The molecule has 130 valence electrons. The van der Waals surface area contributed by atoms with E-state index in [9.17, 15) is 4.79 Å². The van der Waals surface area contributed by atoms with Gasteiger partial charge in [0.15, 0.2) is 5.60 Å². The summed E-state index contributed by atoms with van der Waals surface area (Å²) in [5, 5.41) is 6.86. The quantitative estimate of drug-likeness (QED) is 0.896. The normalized spacial score (nSPS) is 22.8. The highest BCUT2D eigenvalue weighted by atomic mass is 16.7. The molecule has 0 aromatic carbocycles. The molecule has 0 bridgehead atoms. The number of furan rings is 1. The van der Waals surface area contributed by atoms with Crippen LogP contribution >= 0.6 is 0 Å². The SMILES string of the molecule is O=C(NCc1ccco1)C1=NOC2(CCN(Cc3ccccn3)C2)C1. The van der Waals surface area contributed by atoms with E-state index in [4.69, 9.17) is 9.25 Å². The van der Waals surface area contributed by atoms with Gasteiger partial charge in [0.1, 0.15) is 11.5 Å². The number of hydrogen-bond donors (Lipinski definition) is 1. The second-order valence-electron chi connectivity index (χ2n) is 6.53. The molecule has 0 radical (unpaired) electrons. The monoisotopic (exact) mass is 340 g/mol. The minimum Gasteiger partial charge on any atom is -0.467 e. The molecule has 4 heterocycles. The molecule has 25 heavy (non-hydrogen) atoms. The number of likely N-dealkylation sites (tertiary alicyclic amines) is 1. The van der Waals surface area contributed by atoms with E-state index in [1.807, 2.05) is 24.3 Å². The van der Waals surface area contributed by atoms with Crippen molar-refractivity contribution in [1.82, 2.24) is 15.2 Å². The van der Waals surface area contributed by atoms with Gasteiger partial charge in [0.25, 0.3) is 5.91 Å². The topological polar surface area (TPSA) is 80.0 Å². The molecule has 1 fully saturated rings. The minimum absolute atomic E-state index is 0.198. The summed E-state index contributed by atoms with van der Waals surface area (Å²) in [5.74, 6) is 0.515. The average molecular weight is 340 g/mol. The van der Waals surface area contributed by atoms with Crippen molar-refractivity contribution in [3.05, 3.63) is 54.2 Å². The predicted molar refractivity (Wildman–Crippen MR) is 90.6 cm³/mol. The standard InChI is InChI=1S/C18H20N4O3/c23-17(20-11-15-5-3-9-24-15)16-10-18(25-21-16)6-8-22(13-18)12-14-4-1-2-7-19-14/h1-5,7,9H,6,8,10-13H2,(H,20,23). The number of carbonyl (C=O) groups excluding carboxylic acids is 1. The van der Waals surface area contributed by atoms with Crippen LogP contribution in [0, 0.1) is 0 Å². The first kappa shape index (κ1) is 15.8. The van der Waals surface area contributed by atoms with Crippen molar-refractivity contribution in [3.8, 4) is 0 Å². The number of amides is 1. The first-order valence-corrected chi connectivity index (χ1v) is 8.40. The van der Waals surface area contributed by atoms with Crippen molar-refractivity contribution in [2.45, 2.75) is 31.5 Å². The number of hydrogen-bond acceptors (Lipinski definition) is 6. The summed E-state index contributed by atoms with van der Waals surface area (Å²) in [4.78, 5) is 24.6. The number of nitrogens with one attached hydrogen (secondary N) is 1. The first-order chi connectivity index (χ1) is 12.2. The maximum Gasteiger partial charge on any atom is 0.269 e. The van der Waals surface area contributed by atoms with Gasteiger partial charge in [0.05, 0.1) is 18.5 Å². The zero-order valence-corrected chi connectivity index (χ0v) is 13.9. The lowest BCUT2D eigenvalue weighted by atomic mass is 9.96. The van der Waals surface area contributed by atoms with Gasteiger partial charge >= 0.3 is 0 Å². The van der Waals surface area contributed by atoms with E-state index in [1.165, 1.54) is 0 Å². The Morgan fingerprint density at radius 1 is 1.32 bits per heavy atom. The molecule has 7 heteroatoms. The molecule has 7 nitrogen and oxygen atoms in total. The van der Waals surface area contributed by atoms with E-state index in [2.05, 4.69) is 20.4 Å². The van der Waals surface area contributed by atoms with Crippen LogP contribution in [-0.4, -0.2) is 40.2 Å². The molecule has 1 amide bonds. The second kappa shape index (κ2) is 6.68. The van der Waals surface area contributed by atoms with Gasteiger partial charge in [0, 0.05) is 38.7 Å². The molecule has 1 spiro atoms. The zero-order valence-electron chi connectivity index (χ0n) is 13.9. The molecule has 0 saturated carbocycles. The summed E-state index contributed by atoms with van der Waals surface area (Å²) < 4.78 is 5.21. The van der Waals surface area contributed by atoms with E-state index in [0.717, 1.165) is 31.7 Å². The first-order valence-electron chi connectivity index (χ1n) is 8.40. The van der Waals surface area contributed by atoms with Crippen LogP contribution in [0.5, 0.6) is 0 Å². The Kier molecular flexibility index (Phi) is 4.23. The molecule has 1 saturated heterocycles. The minimum atomic E-state index is -0.383. The summed E-state index contributed by atoms with van der Waals surface area (Å²) in [6.45, 7) is 2.80. The third-order valence-corrected chi connectivity index (χ3v) is 4.61. The number of oxime groups is 1. The Morgan fingerprint density at radius 2 is 2.28 bits per heavy atom. The van der Waals surface area contributed by atoms with Crippen LogP contribution in [0.1, 0.15) is 24.3 Å². The Bertz CT molecular complexity index is 760. The summed E-state index contributed by atoms with van der Waals surface area (Å²) in [7, 11) is 0. The van der Waals surface area contributed by atoms with E-state index >= 15 is 0 Å². The van der Waals surface area contributed by atoms with Crippen molar-refractivity contribution in [2.75, 3.05) is 13.1 Å². The zero-order chi connectivity index (χ0) is 17.1. The van der Waals surface area contributed by atoms with E-state index in [-0.39, 0.29) is 11.5 Å². The number of pyridine rings is 1. The Labute approximate surface area is 145 Å². The maximum absolute atomic E-state index is 12.3. The van der Waals surface area contributed by atoms with E-state index in [1.54, 1.807) is 18.5 Å². The fourth-order valence-electron chi connectivity index (χ4n) is 3.33. The highest BCUT2D eigenvalue weighted by Gasteiger charge is 2.46. The fourth-order valence-corrected chi connectivity index (χ4v) is 3.33. The van der Waals surface area contributed by atoms with Crippen LogP contribution in [0.3, 0.4) is 0 Å². The van der Waals surface area contributed by atoms with Crippen molar-refractivity contribution < 1.29 is 14.0 Å². The largest absolute Gasteiger partial charge is 0.467 e. The molecule has 1 unspecified atom stereocenters. The molecular weight excluding hydrogens is 320 g/mol. The van der Waals surface area contributed by atoms with Crippen molar-refractivity contribution in [2.24, 2.45) is 5.16 Å². The fraction of sp³-hybridized carbons (Fsp3) is 0.389. The van der Waals surface area contributed by atoms with Crippen molar-refractivity contribution in [3.63, 3.8) is 0 Å². The van der Waals surface area contributed by atoms with E-state index < -0.39 is 0 Å². The van der Waals surface area contributed by atoms with Gasteiger partial charge in [-0.05, 0) is 24.3 Å². The third kappa shape index (κ3) is 3.56. The summed E-state index contributed by atoms with van der Waals surface area (Å²) in [6, 6.07) is 9.54. The molecule has 1 atom stereocenters. The number of nitrogens with zero attached hydrogens (tertiary/aromatic N) is 3. The molecule has 4 rings (SSSR count). The van der Waals surface area contributed by atoms with Crippen LogP contribution < -0.4 is 5.32 Å². The van der Waals surface area contributed by atoms with Crippen LogP contribution in [0.4, 0.5) is 0 Å². The Hall–Kier alpha value is -2.67. The number of carbonyl (C=O) groups is 1. The lowest BCUT2D eigenvalue weighted by Gasteiger charge is -2.21. The lowest BCUT2D eigenvalue weighted by molar-refractivity contribution is -0.115. The van der Waals surface area contributed by atoms with Gasteiger partial charge in [-0.2, -0.15) is 0 Å². The molecule has 2 aromatic heterocycles. The van der Waals surface area contributed by atoms with Gasteiger partial charge in [0.2, 0.25) is 0 Å². The highest BCUT2D eigenvalue weighted by Crippen LogP contribution is 2.34. The van der Waals surface area contributed by atoms with E-state index in [0.29, 0.717) is 24.4 Å². The Morgan fingerprint density at radius 3 is 3.08 bits per heavy atom. The van der Waals surface area contributed by atoms with Gasteiger partial charge < -0.3 is 14.6 Å². The maximum atomic E-state index is 12.3. The molecule has 1 N–H and O–H groups in total. The van der Waals surface area contributed by atoms with Gasteiger partial charge in [-0.1, -0.05) is 11.2 Å². The lowest BCUT2D eigenvalue weighted by Crippen LogP contribution is -2.36. The molecule has 0 aliphatic carbocycles. The third-order valence-electron chi connectivity index (χ3n) is 4.61. The molecule has 2 aliphatic heterocycles. The van der Waals surface area contributed by atoms with Gasteiger partial charge in [-0.25, -0.2) is 0 Å². The van der Waals surface area contributed by atoms with Crippen molar-refractivity contribution in [1.29, 1.82) is 0 Å². The summed E-state index contributed by atoms with van der Waals surface area (Å²) in [5.41, 5.74) is 1.10. The van der Waals surface area contributed by atoms with Crippen molar-refractivity contribution >= 4 is 11.6 Å². The molecule has 2 aliphatic rings. The average Bonchev–Trinajstić information content (AvgIpc) is 3.37. The summed E-state index contributed by atoms with van der Waals surface area (Å²) in [6.07, 6.45) is 4.78. The summed E-state index contributed by atoms with van der Waals surface area (Å²) >= 11 is 0. The molecular formula is C18H20N4O3. The number of aromatic nitrogens is 1. The predicted octanol–water partition coefficient (Wildman–Crippen LogP) is 1.71. The van der Waals surface area contributed by atoms with Crippen LogP contribution in [-0.2, 0) is 22.7 Å². The highest BCUT2D eigenvalue weighted by molar-refractivity contribution is 6.39. The van der Waals surface area contributed by atoms with Crippen LogP contribution in [0.15, 0.2) is 52.4 Å². The Balaban J connectivity index is 1.30. The molecule has 2 aromatic rings. The smallest absolute Gasteiger partial charge is 0.269 e. The second-order valence-corrected chi connectivity index (χ2v) is 6.53. The number of rotatable bonds is 5.